The fraction of sp³-hybridized carbons (Fsp3) is 0.316. The number of hydrogen-bond acceptors (Lipinski definition) is 5. The van der Waals surface area contributed by atoms with E-state index < -0.39 is 0 Å². The van der Waals surface area contributed by atoms with E-state index in [1.807, 2.05) is 42.5 Å². The van der Waals surface area contributed by atoms with Crippen molar-refractivity contribution in [2.24, 2.45) is 0 Å². The van der Waals surface area contributed by atoms with E-state index >= 15 is 0 Å². The average molecular weight is 349 g/mol. The van der Waals surface area contributed by atoms with Gasteiger partial charge in [0.05, 0.1) is 6.67 Å². The number of nitrogens with zero attached hydrogens (tertiary/aromatic N) is 5. The van der Waals surface area contributed by atoms with Crippen LogP contribution >= 0.6 is 0 Å². The lowest BCUT2D eigenvalue weighted by Gasteiger charge is -2.30. The highest BCUT2D eigenvalue weighted by Gasteiger charge is 2.26. The molecule has 3 aromatic heterocycles. The first-order valence-electron chi connectivity index (χ1n) is 8.90. The highest BCUT2D eigenvalue weighted by atomic mass is 16.3. The second kappa shape index (κ2) is 6.10. The van der Waals surface area contributed by atoms with Crippen molar-refractivity contribution in [2.75, 3.05) is 13.1 Å². The number of pyridine rings is 1. The molecule has 4 heterocycles. The van der Waals surface area contributed by atoms with Gasteiger partial charge in [-0.15, -0.1) is 5.10 Å². The van der Waals surface area contributed by atoms with Crippen LogP contribution in [0.15, 0.2) is 57.9 Å². The van der Waals surface area contributed by atoms with Crippen molar-refractivity contribution >= 4 is 16.7 Å². The molecule has 1 aliphatic heterocycles. The van der Waals surface area contributed by atoms with Crippen molar-refractivity contribution in [2.45, 2.75) is 25.4 Å². The van der Waals surface area contributed by atoms with Crippen molar-refractivity contribution in [1.29, 1.82) is 0 Å². The van der Waals surface area contributed by atoms with E-state index in [9.17, 15) is 4.79 Å². The summed E-state index contributed by atoms with van der Waals surface area (Å²) in [6, 6.07) is 13.4. The Morgan fingerprint density at radius 3 is 2.92 bits per heavy atom. The molecule has 1 fully saturated rings. The zero-order valence-electron chi connectivity index (χ0n) is 14.3. The Bertz CT molecular complexity index is 1090. The van der Waals surface area contributed by atoms with Gasteiger partial charge in [-0.05, 0) is 43.7 Å². The number of benzene rings is 1. The van der Waals surface area contributed by atoms with Gasteiger partial charge in [-0.2, -0.15) is 4.68 Å². The number of para-hydroxylation sites is 2. The van der Waals surface area contributed by atoms with E-state index in [1.54, 1.807) is 10.6 Å². The normalized spacial score (nSPS) is 18.7. The number of fused-ring (bicyclic) bond motifs is 2. The minimum Gasteiger partial charge on any atom is -0.440 e. The molecule has 0 unspecified atom stereocenters. The number of oxazole rings is 1. The largest absolute Gasteiger partial charge is 0.440 e. The molecular formula is C19H19N5O2. The second-order valence-corrected chi connectivity index (χ2v) is 6.79. The first-order valence-corrected chi connectivity index (χ1v) is 8.90. The summed E-state index contributed by atoms with van der Waals surface area (Å²) in [7, 11) is 0. The van der Waals surface area contributed by atoms with Crippen LogP contribution in [-0.4, -0.2) is 37.2 Å². The Morgan fingerprint density at radius 1 is 1.15 bits per heavy atom. The molecule has 0 radical (unpaired) electrons. The van der Waals surface area contributed by atoms with Crippen LogP contribution in [0, 0.1) is 0 Å². The predicted molar refractivity (Wildman–Crippen MR) is 97.0 cm³/mol. The first kappa shape index (κ1) is 15.3. The lowest BCUT2D eigenvalue weighted by Crippen LogP contribution is -2.39. The van der Waals surface area contributed by atoms with Crippen LogP contribution in [0.4, 0.5) is 0 Å². The summed E-state index contributed by atoms with van der Waals surface area (Å²) in [5.74, 6) is 1.03. The summed E-state index contributed by atoms with van der Waals surface area (Å²) in [6.45, 7) is 2.24. The van der Waals surface area contributed by atoms with E-state index in [-0.39, 0.29) is 11.6 Å². The maximum absolute atomic E-state index is 12.5. The van der Waals surface area contributed by atoms with E-state index in [4.69, 9.17) is 4.42 Å². The standard InChI is InChI=1S/C19H19N5O2/c25-19-23-11-4-3-9-17(23)21-24(19)13-22-10-5-6-14(12-22)18-20-15-7-1-2-8-16(15)26-18/h1-4,7-9,11,14H,5-6,10,12-13H2/t14-/m1/s1. The van der Waals surface area contributed by atoms with Crippen LogP contribution in [0.3, 0.4) is 0 Å². The van der Waals surface area contributed by atoms with Crippen molar-refractivity contribution in [3.8, 4) is 0 Å². The predicted octanol–water partition coefficient (Wildman–Crippen LogP) is 2.47. The maximum Gasteiger partial charge on any atom is 0.351 e. The lowest BCUT2D eigenvalue weighted by atomic mass is 9.98. The Morgan fingerprint density at radius 2 is 2.04 bits per heavy atom. The van der Waals surface area contributed by atoms with Crippen LogP contribution < -0.4 is 5.69 Å². The Hall–Kier alpha value is -2.93. The van der Waals surface area contributed by atoms with Gasteiger partial charge < -0.3 is 4.42 Å². The Kier molecular flexibility index (Phi) is 3.60. The fourth-order valence-corrected chi connectivity index (χ4v) is 3.70. The summed E-state index contributed by atoms with van der Waals surface area (Å²) in [5.41, 5.74) is 2.29. The zero-order chi connectivity index (χ0) is 17.5. The molecule has 132 valence electrons. The zero-order valence-corrected chi connectivity index (χ0v) is 14.3. The van der Waals surface area contributed by atoms with E-state index in [2.05, 4.69) is 15.0 Å². The molecule has 0 aliphatic carbocycles. The van der Waals surface area contributed by atoms with Gasteiger partial charge in [0.25, 0.3) is 0 Å². The summed E-state index contributed by atoms with van der Waals surface area (Å²) in [6.07, 6.45) is 3.84. The smallest absolute Gasteiger partial charge is 0.351 e. The summed E-state index contributed by atoms with van der Waals surface area (Å²) >= 11 is 0. The summed E-state index contributed by atoms with van der Waals surface area (Å²) in [4.78, 5) is 19.4. The van der Waals surface area contributed by atoms with Crippen molar-refractivity contribution < 1.29 is 4.42 Å². The molecule has 26 heavy (non-hydrogen) atoms. The molecule has 7 heteroatoms. The Labute approximate surface area is 149 Å². The highest BCUT2D eigenvalue weighted by molar-refractivity contribution is 5.72. The minimum absolute atomic E-state index is 0.107. The van der Waals surface area contributed by atoms with Gasteiger partial charge >= 0.3 is 5.69 Å². The topological polar surface area (TPSA) is 68.6 Å². The third kappa shape index (κ3) is 2.61. The maximum atomic E-state index is 12.5. The van der Waals surface area contributed by atoms with Gasteiger partial charge in [0, 0.05) is 18.7 Å². The summed E-state index contributed by atoms with van der Waals surface area (Å²) in [5, 5.41) is 4.43. The van der Waals surface area contributed by atoms with Crippen LogP contribution in [0.25, 0.3) is 16.7 Å². The second-order valence-electron chi connectivity index (χ2n) is 6.79. The van der Waals surface area contributed by atoms with Gasteiger partial charge in [-0.3, -0.25) is 9.30 Å². The van der Waals surface area contributed by atoms with Gasteiger partial charge in [0.1, 0.15) is 5.52 Å². The Balaban J connectivity index is 1.38. The summed E-state index contributed by atoms with van der Waals surface area (Å²) < 4.78 is 9.05. The third-order valence-electron chi connectivity index (χ3n) is 4.99. The van der Waals surface area contributed by atoms with Crippen molar-refractivity contribution in [3.63, 3.8) is 0 Å². The molecule has 0 amide bonds. The van der Waals surface area contributed by atoms with Gasteiger partial charge in [0.15, 0.2) is 17.1 Å². The van der Waals surface area contributed by atoms with Gasteiger partial charge in [-0.25, -0.2) is 9.78 Å². The van der Waals surface area contributed by atoms with Crippen LogP contribution in [0.1, 0.15) is 24.7 Å². The van der Waals surface area contributed by atoms with E-state index in [1.165, 1.54) is 4.68 Å². The van der Waals surface area contributed by atoms with Crippen molar-refractivity contribution in [1.82, 2.24) is 24.1 Å². The van der Waals surface area contributed by atoms with Gasteiger partial charge in [-0.1, -0.05) is 18.2 Å². The fourth-order valence-electron chi connectivity index (χ4n) is 3.70. The lowest BCUT2D eigenvalue weighted by molar-refractivity contribution is 0.146. The van der Waals surface area contributed by atoms with Crippen molar-refractivity contribution in [3.05, 3.63) is 65.0 Å². The molecule has 0 N–H and O–H groups in total. The van der Waals surface area contributed by atoms with Crippen LogP contribution in [0.2, 0.25) is 0 Å². The SMILES string of the molecule is O=c1n(CN2CCC[C@@H](c3nc4ccccc4o3)C2)nc2ccccn12. The molecular weight excluding hydrogens is 330 g/mol. The molecule has 5 rings (SSSR count). The number of likely N-dealkylation sites (tertiary alicyclic amines) is 1. The molecule has 4 aromatic rings. The average Bonchev–Trinajstić information content (AvgIpc) is 3.24. The number of piperidine rings is 1. The van der Waals surface area contributed by atoms with E-state index in [0.29, 0.717) is 12.3 Å². The number of hydrogen-bond donors (Lipinski definition) is 0. The molecule has 1 aliphatic rings. The quantitative estimate of drug-likeness (QED) is 0.568. The highest BCUT2D eigenvalue weighted by Crippen LogP contribution is 2.29. The molecule has 7 nitrogen and oxygen atoms in total. The monoisotopic (exact) mass is 349 g/mol. The molecule has 0 bridgehead atoms. The van der Waals surface area contributed by atoms with Gasteiger partial charge in [0.2, 0.25) is 0 Å². The molecule has 0 spiro atoms. The van der Waals surface area contributed by atoms with Crippen LogP contribution in [0.5, 0.6) is 0 Å². The van der Waals surface area contributed by atoms with E-state index in [0.717, 1.165) is 42.9 Å². The molecule has 1 aromatic carbocycles. The van der Waals surface area contributed by atoms with Crippen LogP contribution in [-0.2, 0) is 6.67 Å². The third-order valence-corrected chi connectivity index (χ3v) is 4.99. The number of rotatable bonds is 3. The first-order chi connectivity index (χ1) is 12.8. The minimum atomic E-state index is -0.107. The number of aromatic nitrogens is 4. The molecule has 1 atom stereocenters. The molecule has 1 saturated heterocycles. The molecule has 0 saturated carbocycles.